The SMILES string of the molecule is COc1ccc(CCC(=O)NCC(O)c2ccccc2F)cc1F. The van der Waals surface area contributed by atoms with E-state index in [-0.39, 0.29) is 30.2 Å². The zero-order valence-corrected chi connectivity index (χ0v) is 13.3. The summed E-state index contributed by atoms with van der Waals surface area (Å²) in [4.78, 5) is 11.8. The lowest BCUT2D eigenvalue weighted by Crippen LogP contribution is -2.28. The Kier molecular flexibility index (Phi) is 6.26. The maximum atomic E-state index is 13.6. The second-order valence-corrected chi connectivity index (χ2v) is 5.31. The van der Waals surface area contributed by atoms with Gasteiger partial charge in [-0.05, 0) is 30.2 Å². The van der Waals surface area contributed by atoms with Crippen LogP contribution in [0.1, 0.15) is 23.7 Å². The number of ether oxygens (including phenoxy) is 1. The first-order valence-electron chi connectivity index (χ1n) is 7.53. The van der Waals surface area contributed by atoms with Gasteiger partial charge in [0.2, 0.25) is 5.91 Å². The average molecular weight is 335 g/mol. The number of aryl methyl sites for hydroxylation is 1. The Bertz CT molecular complexity index is 706. The lowest BCUT2D eigenvalue weighted by atomic mass is 10.1. The van der Waals surface area contributed by atoms with Gasteiger partial charge in [0.25, 0.3) is 0 Å². The lowest BCUT2D eigenvalue weighted by molar-refractivity contribution is -0.121. The van der Waals surface area contributed by atoms with Crippen LogP contribution in [0, 0.1) is 11.6 Å². The van der Waals surface area contributed by atoms with E-state index < -0.39 is 17.7 Å². The molecule has 4 nitrogen and oxygen atoms in total. The van der Waals surface area contributed by atoms with Crippen molar-refractivity contribution in [2.45, 2.75) is 18.9 Å². The summed E-state index contributed by atoms with van der Waals surface area (Å²) < 4.78 is 31.9. The van der Waals surface area contributed by atoms with Gasteiger partial charge in [-0.1, -0.05) is 24.3 Å². The molecule has 0 saturated carbocycles. The van der Waals surface area contributed by atoms with Crippen LogP contribution in [-0.2, 0) is 11.2 Å². The summed E-state index contributed by atoms with van der Waals surface area (Å²) in [5.41, 5.74) is 0.799. The highest BCUT2D eigenvalue weighted by atomic mass is 19.1. The Morgan fingerprint density at radius 3 is 2.62 bits per heavy atom. The minimum Gasteiger partial charge on any atom is -0.494 e. The van der Waals surface area contributed by atoms with E-state index in [0.717, 1.165) is 0 Å². The van der Waals surface area contributed by atoms with Crippen LogP contribution in [0.4, 0.5) is 8.78 Å². The van der Waals surface area contributed by atoms with Crippen LogP contribution in [0.5, 0.6) is 5.75 Å². The van der Waals surface area contributed by atoms with Crippen LogP contribution in [0.25, 0.3) is 0 Å². The van der Waals surface area contributed by atoms with Crippen molar-refractivity contribution in [3.8, 4) is 5.75 Å². The Labute approximate surface area is 139 Å². The maximum absolute atomic E-state index is 13.6. The number of halogens is 2. The van der Waals surface area contributed by atoms with Gasteiger partial charge in [-0.3, -0.25) is 4.79 Å². The summed E-state index contributed by atoms with van der Waals surface area (Å²) in [6.07, 6.45) is -0.633. The molecule has 0 aliphatic carbocycles. The molecule has 2 aromatic rings. The molecule has 0 radical (unpaired) electrons. The molecule has 1 unspecified atom stereocenters. The molecule has 24 heavy (non-hydrogen) atoms. The molecule has 0 aliphatic rings. The smallest absolute Gasteiger partial charge is 0.220 e. The van der Waals surface area contributed by atoms with Crippen LogP contribution in [0.3, 0.4) is 0 Å². The van der Waals surface area contributed by atoms with Gasteiger partial charge in [0.15, 0.2) is 11.6 Å². The molecule has 0 bridgehead atoms. The van der Waals surface area contributed by atoms with E-state index in [1.54, 1.807) is 12.1 Å². The van der Waals surface area contributed by atoms with Crippen molar-refractivity contribution >= 4 is 5.91 Å². The molecule has 128 valence electrons. The highest BCUT2D eigenvalue weighted by Gasteiger charge is 2.13. The van der Waals surface area contributed by atoms with Crippen LogP contribution in [-0.4, -0.2) is 24.7 Å². The molecular formula is C18H19F2NO3. The lowest BCUT2D eigenvalue weighted by Gasteiger charge is -2.13. The molecule has 2 N–H and O–H groups in total. The van der Waals surface area contributed by atoms with E-state index in [9.17, 15) is 18.7 Å². The van der Waals surface area contributed by atoms with E-state index >= 15 is 0 Å². The van der Waals surface area contributed by atoms with Crippen molar-refractivity contribution in [3.63, 3.8) is 0 Å². The quantitative estimate of drug-likeness (QED) is 0.818. The summed E-state index contributed by atoms with van der Waals surface area (Å²) in [5, 5.41) is 12.5. The fourth-order valence-corrected chi connectivity index (χ4v) is 2.28. The van der Waals surface area contributed by atoms with Gasteiger partial charge in [-0.25, -0.2) is 8.78 Å². The summed E-state index contributed by atoms with van der Waals surface area (Å²) >= 11 is 0. The van der Waals surface area contributed by atoms with E-state index in [0.29, 0.717) is 12.0 Å². The number of aliphatic hydroxyl groups excluding tert-OH is 1. The molecule has 6 heteroatoms. The molecule has 2 aromatic carbocycles. The van der Waals surface area contributed by atoms with E-state index in [1.165, 1.54) is 37.4 Å². The van der Waals surface area contributed by atoms with Crippen LogP contribution >= 0.6 is 0 Å². The van der Waals surface area contributed by atoms with Crippen LogP contribution in [0.2, 0.25) is 0 Å². The normalized spacial score (nSPS) is 11.8. The average Bonchev–Trinajstić information content (AvgIpc) is 2.58. The first kappa shape index (κ1) is 17.9. The van der Waals surface area contributed by atoms with Crippen molar-refractivity contribution in [2.24, 2.45) is 0 Å². The molecule has 0 aliphatic heterocycles. The molecular weight excluding hydrogens is 316 g/mol. The summed E-state index contributed by atoms with van der Waals surface area (Å²) in [7, 11) is 1.38. The zero-order chi connectivity index (χ0) is 17.5. The first-order chi connectivity index (χ1) is 11.5. The number of hydrogen-bond donors (Lipinski definition) is 2. The predicted molar refractivity (Wildman–Crippen MR) is 85.6 cm³/mol. The number of hydrogen-bond acceptors (Lipinski definition) is 3. The molecule has 0 spiro atoms. The number of benzene rings is 2. The minimum atomic E-state index is -1.12. The number of aliphatic hydroxyl groups is 1. The second kappa shape index (κ2) is 8.40. The minimum absolute atomic E-state index is 0.0866. The van der Waals surface area contributed by atoms with E-state index in [4.69, 9.17) is 4.74 Å². The molecule has 0 aromatic heterocycles. The van der Waals surface area contributed by atoms with Gasteiger partial charge in [-0.15, -0.1) is 0 Å². The van der Waals surface area contributed by atoms with Crippen molar-refractivity contribution < 1.29 is 23.4 Å². The third kappa shape index (κ3) is 4.76. The van der Waals surface area contributed by atoms with Crippen molar-refractivity contribution in [1.29, 1.82) is 0 Å². The number of methoxy groups -OCH3 is 1. The monoisotopic (exact) mass is 335 g/mol. The number of carbonyl (C=O) groups excluding carboxylic acids is 1. The first-order valence-corrected chi connectivity index (χ1v) is 7.53. The summed E-state index contributed by atoms with van der Waals surface area (Å²) in [6.45, 7) is -0.0866. The van der Waals surface area contributed by atoms with E-state index in [2.05, 4.69) is 5.32 Å². The Hall–Kier alpha value is -2.47. The van der Waals surface area contributed by atoms with Crippen LogP contribution in [0.15, 0.2) is 42.5 Å². The van der Waals surface area contributed by atoms with Gasteiger partial charge in [0.05, 0.1) is 13.2 Å². The Morgan fingerprint density at radius 1 is 1.21 bits per heavy atom. The molecule has 0 heterocycles. The fourth-order valence-electron chi connectivity index (χ4n) is 2.28. The largest absolute Gasteiger partial charge is 0.494 e. The molecule has 1 amide bonds. The highest BCUT2D eigenvalue weighted by Crippen LogP contribution is 2.19. The van der Waals surface area contributed by atoms with E-state index in [1.807, 2.05) is 0 Å². The molecule has 0 saturated heterocycles. The molecule has 0 fully saturated rings. The third-order valence-electron chi connectivity index (χ3n) is 3.61. The number of carbonyl (C=O) groups is 1. The van der Waals surface area contributed by atoms with Gasteiger partial charge >= 0.3 is 0 Å². The highest BCUT2D eigenvalue weighted by molar-refractivity contribution is 5.76. The second-order valence-electron chi connectivity index (χ2n) is 5.31. The summed E-state index contributed by atoms with van der Waals surface area (Å²) in [6, 6.07) is 10.4. The predicted octanol–water partition coefficient (Wildman–Crippen LogP) is 2.76. The topological polar surface area (TPSA) is 58.6 Å². The Balaban J connectivity index is 1.81. The van der Waals surface area contributed by atoms with Crippen molar-refractivity contribution in [2.75, 3.05) is 13.7 Å². The summed E-state index contributed by atoms with van der Waals surface area (Å²) in [5.74, 6) is -1.16. The van der Waals surface area contributed by atoms with Crippen molar-refractivity contribution in [3.05, 3.63) is 65.2 Å². The zero-order valence-electron chi connectivity index (χ0n) is 13.3. The number of rotatable bonds is 7. The van der Waals surface area contributed by atoms with Gasteiger partial charge < -0.3 is 15.2 Å². The maximum Gasteiger partial charge on any atom is 0.220 e. The van der Waals surface area contributed by atoms with Gasteiger partial charge in [-0.2, -0.15) is 0 Å². The standard InChI is InChI=1S/C18H19F2NO3/c1-24-17-8-6-12(10-15(17)20)7-9-18(23)21-11-16(22)13-4-2-3-5-14(13)19/h2-6,8,10,16,22H,7,9,11H2,1H3,(H,21,23). The number of amides is 1. The molecule has 1 atom stereocenters. The van der Waals surface area contributed by atoms with Crippen molar-refractivity contribution in [1.82, 2.24) is 5.32 Å². The molecule has 2 rings (SSSR count). The third-order valence-corrected chi connectivity index (χ3v) is 3.61. The van der Waals surface area contributed by atoms with Gasteiger partial charge in [0.1, 0.15) is 5.82 Å². The fraction of sp³-hybridized carbons (Fsp3) is 0.278. The number of nitrogens with one attached hydrogen (secondary N) is 1. The van der Waals surface area contributed by atoms with Gasteiger partial charge in [0, 0.05) is 18.5 Å². The van der Waals surface area contributed by atoms with Crippen LogP contribution < -0.4 is 10.1 Å². The Morgan fingerprint density at radius 2 is 1.96 bits per heavy atom.